The molecular formula is C6H4ClN5. The van der Waals surface area contributed by atoms with Crippen LogP contribution in [0.5, 0.6) is 0 Å². The number of hydrogen-bond acceptors (Lipinski definition) is 4. The first kappa shape index (κ1) is 8.43. The number of halogens is 1. The van der Waals surface area contributed by atoms with Crippen LogP contribution in [0, 0.1) is 11.3 Å². The zero-order valence-corrected chi connectivity index (χ0v) is 6.67. The van der Waals surface area contributed by atoms with E-state index in [9.17, 15) is 0 Å². The Morgan fingerprint density at radius 2 is 2.08 bits per heavy atom. The van der Waals surface area contributed by atoms with Crippen LogP contribution in [0.2, 0.25) is 0 Å². The van der Waals surface area contributed by atoms with Crippen molar-refractivity contribution in [2.45, 2.75) is 0 Å². The summed E-state index contributed by atoms with van der Waals surface area (Å²) in [7, 11) is 0. The van der Waals surface area contributed by atoms with Gasteiger partial charge in [-0.15, -0.1) is 12.4 Å². The highest BCUT2D eigenvalue weighted by molar-refractivity contribution is 5.85. The van der Waals surface area contributed by atoms with E-state index in [-0.39, 0.29) is 12.4 Å². The van der Waals surface area contributed by atoms with E-state index in [2.05, 4.69) is 20.2 Å². The molecule has 0 aliphatic heterocycles. The van der Waals surface area contributed by atoms with Crippen molar-refractivity contribution >= 4 is 23.6 Å². The summed E-state index contributed by atoms with van der Waals surface area (Å²) in [5.74, 6) is 0. The summed E-state index contributed by atoms with van der Waals surface area (Å²) in [4.78, 5) is 7.83. The number of nitriles is 1. The molecule has 0 fully saturated rings. The van der Waals surface area contributed by atoms with Crippen molar-refractivity contribution in [3.05, 3.63) is 18.1 Å². The van der Waals surface area contributed by atoms with Gasteiger partial charge in [0.05, 0.1) is 0 Å². The van der Waals surface area contributed by atoms with Crippen LogP contribution in [0.15, 0.2) is 12.4 Å². The summed E-state index contributed by atoms with van der Waals surface area (Å²) in [6.45, 7) is 0. The molecule has 0 radical (unpaired) electrons. The number of aromatic amines is 1. The van der Waals surface area contributed by atoms with E-state index in [0.717, 1.165) is 0 Å². The van der Waals surface area contributed by atoms with Crippen LogP contribution in [-0.2, 0) is 0 Å². The van der Waals surface area contributed by atoms with E-state index in [4.69, 9.17) is 5.26 Å². The van der Waals surface area contributed by atoms with Gasteiger partial charge in [0.1, 0.15) is 11.6 Å². The molecule has 6 heteroatoms. The SMILES string of the molecule is Cl.N#Cc1[nH]nc2nccnc12. The summed E-state index contributed by atoms with van der Waals surface area (Å²) in [6.07, 6.45) is 3.06. The Morgan fingerprint density at radius 3 is 2.83 bits per heavy atom. The van der Waals surface area contributed by atoms with Crippen LogP contribution in [0.25, 0.3) is 11.2 Å². The van der Waals surface area contributed by atoms with Gasteiger partial charge in [0.25, 0.3) is 0 Å². The highest BCUT2D eigenvalue weighted by Crippen LogP contribution is 2.06. The molecule has 0 amide bonds. The Hall–Kier alpha value is -1.67. The van der Waals surface area contributed by atoms with Gasteiger partial charge in [0, 0.05) is 12.4 Å². The lowest BCUT2D eigenvalue weighted by Gasteiger charge is -1.81. The number of rotatable bonds is 0. The van der Waals surface area contributed by atoms with Crippen LogP contribution in [-0.4, -0.2) is 20.2 Å². The van der Waals surface area contributed by atoms with Crippen molar-refractivity contribution in [1.29, 1.82) is 5.26 Å². The minimum atomic E-state index is 0. The van der Waals surface area contributed by atoms with Gasteiger partial charge in [0.15, 0.2) is 5.69 Å². The molecule has 0 spiro atoms. The number of H-pyrrole nitrogens is 1. The standard InChI is InChI=1S/C6H3N5.ClH/c7-3-4-5-6(11-10-4)9-2-1-8-5;/h1-2H,(H,9,10,11);1H. The van der Waals surface area contributed by atoms with E-state index in [1.807, 2.05) is 6.07 Å². The zero-order valence-electron chi connectivity index (χ0n) is 5.85. The fourth-order valence-electron chi connectivity index (χ4n) is 0.829. The first-order chi connectivity index (χ1) is 5.42. The Labute approximate surface area is 73.9 Å². The summed E-state index contributed by atoms with van der Waals surface area (Å²) < 4.78 is 0. The number of hydrogen-bond donors (Lipinski definition) is 1. The van der Waals surface area contributed by atoms with Crippen LogP contribution in [0.4, 0.5) is 0 Å². The topological polar surface area (TPSA) is 78.2 Å². The average molecular weight is 182 g/mol. The van der Waals surface area contributed by atoms with E-state index in [0.29, 0.717) is 16.9 Å². The third-order valence-corrected chi connectivity index (χ3v) is 1.30. The fraction of sp³-hybridized carbons (Fsp3) is 0. The molecule has 0 aromatic carbocycles. The van der Waals surface area contributed by atoms with Gasteiger partial charge < -0.3 is 0 Å². The van der Waals surface area contributed by atoms with Gasteiger partial charge in [-0.1, -0.05) is 0 Å². The zero-order chi connectivity index (χ0) is 7.68. The van der Waals surface area contributed by atoms with Crippen LogP contribution >= 0.6 is 12.4 Å². The predicted molar refractivity (Wildman–Crippen MR) is 43.6 cm³/mol. The molecule has 2 aromatic heterocycles. The molecule has 1 N–H and O–H groups in total. The molecule has 0 aliphatic rings. The maximum absolute atomic E-state index is 8.54. The lowest BCUT2D eigenvalue weighted by atomic mass is 10.4. The van der Waals surface area contributed by atoms with E-state index in [1.54, 1.807) is 0 Å². The molecule has 60 valence electrons. The second-order valence-electron chi connectivity index (χ2n) is 1.94. The highest BCUT2D eigenvalue weighted by atomic mass is 35.5. The molecular weight excluding hydrogens is 178 g/mol. The van der Waals surface area contributed by atoms with Crippen molar-refractivity contribution in [3.8, 4) is 6.07 Å². The summed E-state index contributed by atoms with van der Waals surface area (Å²) in [5, 5.41) is 14.8. The molecule has 2 aromatic rings. The Balaban J connectivity index is 0.000000720. The van der Waals surface area contributed by atoms with Crippen LogP contribution < -0.4 is 0 Å². The summed E-state index contributed by atoms with van der Waals surface area (Å²) >= 11 is 0. The molecule has 0 aliphatic carbocycles. The first-order valence-electron chi connectivity index (χ1n) is 2.97. The Morgan fingerprint density at radius 1 is 1.33 bits per heavy atom. The van der Waals surface area contributed by atoms with Gasteiger partial charge in [-0.3, -0.25) is 5.10 Å². The minimum absolute atomic E-state index is 0. The second-order valence-corrected chi connectivity index (χ2v) is 1.94. The molecule has 0 saturated carbocycles. The van der Waals surface area contributed by atoms with Gasteiger partial charge in [-0.25, -0.2) is 9.97 Å². The molecule has 0 bridgehead atoms. The maximum atomic E-state index is 8.54. The molecule has 12 heavy (non-hydrogen) atoms. The number of nitrogens with zero attached hydrogens (tertiary/aromatic N) is 4. The van der Waals surface area contributed by atoms with Crippen molar-refractivity contribution < 1.29 is 0 Å². The monoisotopic (exact) mass is 181 g/mol. The van der Waals surface area contributed by atoms with Gasteiger partial charge in [0.2, 0.25) is 5.65 Å². The largest absolute Gasteiger partial charge is 0.264 e. The van der Waals surface area contributed by atoms with E-state index < -0.39 is 0 Å². The molecule has 0 unspecified atom stereocenters. The first-order valence-corrected chi connectivity index (χ1v) is 2.97. The summed E-state index contributed by atoms with van der Waals surface area (Å²) in [6, 6.07) is 1.93. The molecule has 2 heterocycles. The lowest BCUT2D eigenvalue weighted by Crippen LogP contribution is -1.78. The minimum Gasteiger partial charge on any atom is -0.264 e. The fourth-order valence-corrected chi connectivity index (χ4v) is 0.829. The average Bonchev–Trinajstić information content (AvgIpc) is 2.47. The molecule has 0 saturated heterocycles. The van der Waals surface area contributed by atoms with Crippen molar-refractivity contribution in [2.24, 2.45) is 0 Å². The Kier molecular flexibility index (Phi) is 2.21. The smallest absolute Gasteiger partial charge is 0.201 e. The number of fused-ring (bicyclic) bond motifs is 1. The third-order valence-electron chi connectivity index (χ3n) is 1.30. The lowest BCUT2D eigenvalue weighted by molar-refractivity contribution is 1.08. The highest BCUT2D eigenvalue weighted by Gasteiger charge is 2.03. The van der Waals surface area contributed by atoms with Crippen molar-refractivity contribution in [1.82, 2.24) is 20.2 Å². The van der Waals surface area contributed by atoms with Gasteiger partial charge >= 0.3 is 0 Å². The van der Waals surface area contributed by atoms with Crippen molar-refractivity contribution in [2.75, 3.05) is 0 Å². The van der Waals surface area contributed by atoms with Crippen LogP contribution in [0.3, 0.4) is 0 Å². The number of nitrogens with one attached hydrogen (secondary N) is 1. The van der Waals surface area contributed by atoms with E-state index in [1.165, 1.54) is 12.4 Å². The molecule has 0 atom stereocenters. The Bertz CT molecular complexity index is 429. The van der Waals surface area contributed by atoms with Crippen molar-refractivity contribution in [3.63, 3.8) is 0 Å². The predicted octanol–water partition coefficient (Wildman–Crippen LogP) is 0.646. The molecule has 2 rings (SSSR count). The van der Waals surface area contributed by atoms with Gasteiger partial charge in [-0.2, -0.15) is 10.4 Å². The van der Waals surface area contributed by atoms with E-state index >= 15 is 0 Å². The van der Waals surface area contributed by atoms with Gasteiger partial charge in [-0.05, 0) is 0 Å². The summed E-state index contributed by atoms with van der Waals surface area (Å²) in [5.41, 5.74) is 1.35. The second kappa shape index (κ2) is 3.15. The van der Waals surface area contributed by atoms with Crippen LogP contribution in [0.1, 0.15) is 5.69 Å². The quantitative estimate of drug-likeness (QED) is 0.647. The number of aromatic nitrogens is 4. The molecule has 5 nitrogen and oxygen atoms in total. The third kappa shape index (κ3) is 1.08. The normalized spacial score (nSPS) is 8.92. The maximum Gasteiger partial charge on any atom is 0.201 e.